The number of halogens is 1. The van der Waals surface area contributed by atoms with Crippen LogP contribution in [0, 0.1) is 0 Å². The van der Waals surface area contributed by atoms with Crippen LogP contribution in [0.15, 0.2) is 40.6 Å². The molecule has 1 fully saturated rings. The first-order valence-electron chi connectivity index (χ1n) is 8.70. The third-order valence-corrected chi connectivity index (χ3v) is 7.09. The Morgan fingerprint density at radius 2 is 2.12 bits per heavy atom. The third-order valence-electron chi connectivity index (χ3n) is 4.88. The number of carbonyl (C=O) groups is 2. The number of carbonyl (C=O) groups excluding carboxylic acids is 2. The molecule has 0 spiro atoms. The average Bonchev–Trinajstić information content (AvgIpc) is 3.33. The van der Waals surface area contributed by atoms with Gasteiger partial charge < -0.3 is 10.2 Å². The van der Waals surface area contributed by atoms with Gasteiger partial charge in [0.1, 0.15) is 6.04 Å². The number of likely N-dealkylation sites (tertiary alicyclic amines) is 1. The second-order valence-corrected chi connectivity index (χ2v) is 9.04. The lowest BCUT2D eigenvalue weighted by atomic mass is 10.0. The molecule has 2 aliphatic heterocycles. The van der Waals surface area contributed by atoms with E-state index in [-0.39, 0.29) is 23.9 Å². The lowest BCUT2D eigenvalue weighted by molar-refractivity contribution is -0.125. The molecular weight excluding hydrogens is 388 g/mol. The summed E-state index contributed by atoms with van der Waals surface area (Å²) in [5.41, 5.74) is 1.08. The van der Waals surface area contributed by atoms with E-state index in [0.717, 1.165) is 24.2 Å². The summed E-state index contributed by atoms with van der Waals surface area (Å²) in [6, 6.07) is 9.09. The first-order chi connectivity index (χ1) is 12.6. The largest absolute Gasteiger partial charge is 0.347 e. The van der Waals surface area contributed by atoms with Crippen LogP contribution in [0.5, 0.6) is 0 Å². The first-order valence-corrected chi connectivity index (χ1v) is 10.9. The van der Waals surface area contributed by atoms with Gasteiger partial charge in [0.05, 0.1) is 10.9 Å². The van der Waals surface area contributed by atoms with Crippen molar-refractivity contribution in [3.63, 3.8) is 0 Å². The SMILES string of the molecule is O=C(NC1CCSc2ccc(Cl)cc21)C1CCCN1C(=O)c1cccs1. The maximum atomic E-state index is 13.0. The fourth-order valence-corrected chi connectivity index (χ4v) is 5.57. The molecule has 0 aliphatic carbocycles. The molecule has 1 N–H and O–H groups in total. The summed E-state index contributed by atoms with van der Waals surface area (Å²) >= 11 is 9.36. The van der Waals surface area contributed by atoms with Crippen LogP contribution >= 0.6 is 34.7 Å². The second-order valence-electron chi connectivity index (χ2n) is 6.51. The van der Waals surface area contributed by atoms with Crippen molar-refractivity contribution in [1.29, 1.82) is 0 Å². The van der Waals surface area contributed by atoms with E-state index in [4.69, 9.17) is 11.6 Å². The van der Waals surface area contributed by atoms with Gasteiger partial charge in [0.15, 0.2) is 0 Å². The zero-order chi connectivity index (χ0) is 18.1. The molecule has 0 saturated carbocycles. The van der Waals surface area contributed by atoms with Crippen molar-refractivity contribution in [2.24, 2.45) is 0 Å². The van der Waals surface area contributed by atoms with Gasteiger partial charge in [0, 0.05) is 22.2 Å². The summed E-state index contributed by atoms with van der Waals surface area (Å²) in [6.07, 6.45) is 2.44. The molecule has 26 heavy (non-hydrogen) atoms. The summed E-state index contributed by atoms with van der Waals surface area (Å²) in [4.78, 5) is 29.2. The maximum absolute atomic E-state index is 13.0. The van der Waals surface area contributed by atoms with E-state index in [9.17, 15) is 9.59 Å². The summed E-state index contributed by atoms with van der Waals surface area (Å²) in [5, 5.41) is 5.74. The summed E-state index contributed by atoms with van der Waals surface area (Å²) < 4.78 is 0. The van der Waals surface area contributed by atoms with Crippen molar-refractivity contribution in [3.05, 3.63) is 51.2 Å². The summed E-state index contributed by atoms with van der Waals surface area (Å²) in [6.45, 7) is 0.637. The lowest BCUT2D eigenvalue weighted by Crippen LogP contribution is -2.47. The smallest absolute Gasteiger partial charge is 0.264 e. The lowest BCUT2D eigenvalue weighted by Gasteiger charge is -2.29. The van der Waals surface area contributed by atoms with Crippen LogP contribution in [0.25, 0.3) is 0 Å². The highest BCUT2D eigenvalue weighted by Gasteiger charge is 2.36. The molecule has 2 aromatic rings. The number of benzene rings is 1. The maximum Gasteiger partial charge on any atom is 0.264 e. The first kappa shape index (κ1) is 17.9. The van der Waals surface area contributed by atoms with Crippen LogP contribution in [-0.4, -0.2) is 35.1 Å². The molecule has 4 nitrogen and oxygen atoms in total. The second kappa shape index (κ2) is 7.62. The Morgan fingerprint density at radius 1 is 1.23 bits per heavy atom. The van der Waals surface area contributed by atoms with Crippen LogP contribution < -0.4 is 5.32 Å². The Kier molecular flexibility index (Phi) is 5.25. The van der Waals surface area contributed by atoms with Gasteiger partial charge in [-0.25, -0.2) is 0 Å². The molecule has 2 unspecified atom stereocenters. The monoisotopic (exact) mass is 406 g/mol. The molecule has 7 heteroatoms. The number of thiophene rings is 1. The van der Waals surface area contributed by atoms with Gasteiger partial charge in [-0.3, -0.25) is 9.59 Å². The molecule has 3 heterocycles. The minimum Gasteiger partial charge on any atom is -0.347 e. The van der Waals surface area contributed by atoms with Gasteiger partial charge in [-0.15, -0.1) is 23.1 Å². The molecular formula is C19H19ClN2O2S2. The van der Waals surface area contributed by atoms with Crippen molar-refractivity contribution in [2.45, 2.75) is 36.2 Å². The van der Waals surface area contributed by atoms with E-state index >= 15 is 0 Å². The van der Waals surface area contributed by atoms with Crippen molar-refractivity contribution in [3.8, 4) is 0 Å². The minimum atomic E-state index is -0.387. The third kappa shape index (κ3) is 3.50. The minimum absolute atomic E-state index is 0.0414. The van der Waals surface area contributed by atoms with E-state index in [2.05, 4.69) is 5.32 Å². The summed E-state index contributed by atoms with van der Waals surface area (Å²) in [5.74, 6) is 0.859. The van der Waals surface area contributed by atoms with Crippen LogP contribution in [0.4, 0.5) is 0 Å². The van der Waals surface area contributed by atoms with E-state index < -0.39 is 0 Å². The van der Waals surface area contributed by atoms with Crippen LogP contribution in [0.1, 0.15) is 40.5 Å². The van der Waals surface area contributed by atoms with Crippen molar-refractivity contribution in [1.82, 2.24) is 10.2 Å². The Balaban J connectivity index is 1.50. The molecule has 0 bridgehead atoms. The van der Waals surface area contributed by atoms with Crippen molar-refractivity contribution in [2.75, 3.05) is 12.3 Å². The zero-order valence-electron chi connectivity index (χ0n) is 14.1. The molecule has 4 rings (SSSR count). The molecule has 2 aliphatic rings. The zero-order valence-corrected chi connectivity index (χ0v) is 16.5. The number of thioether (sulfide) groups is 1. The highest BCUT2D eigenvalue weighted by Crippen LogP contribution is 2.37. The number of nitrogens with zero attached hydrogens (tertiary/aromatic N) is 1. The molecule has 2 atom stereocenters. The van der Waals surface area contributed by atoms with Gasteiger partial charge in [-0.1, -0.05) is 17.7 Å². The van der Waals surface area contributed by atoms with E-state index in [1.54, 1.807) is 16.7 Å². The number of rotatable bonds is 3. The topological polar surface area (TPSA) is 49.4 Å². The number of hydrogen-bond donors (Lipinski definition) is 1. The number of hydrogen-bond acceptors (Lipinski definition) is 4. The molecule has 136 valence electrons. The Hall–Kier alpha value is -1.50. The number of amides is 2. The Bertz CT molecular complexity index is 825. The van der Waals surface area contributed by atoms with Crippen LogP contribution in [-0.2, 0) is 4.79 Å². The van der Waals surface area contributed by atoms with Crippen LogP contribution in [0.3, 0.4) is 0 Å². The van der Waals surface area contributed by atoms with E-state index in [0.29, 0.717) is 22.9 Å². The molecule has 0 radical (unpaired) electrons. The Labute approximate surface area is 165 Å². The van der Waals surface area contributed by atoms with E-state index in [1.165, 1.54) is 16.2 Å². The predicted octanol–water partition coefficient (Wildman–Crippen LogP) is 4.36. The molecule has 1 aromatic heterocycles. The highest BCUT2D eigenvalue weighted by molar-refractivity contribution is 7.99. The molecule has 2 amide bonds. The van der Waals surface area contributed by atoms with Crippen LogP contribution in [0.2, 0.25) is 5.02 Å². The fraction of sp³-hybridized carbons (Fsp3) is 0.368. The average molecular weight is 407 g/mol. The number of nitrogens with one attached hydrogen (secondary N) is 1. The summed E-state index contributed by atoms with van der Waals surface area (Å²) in [7, 11) is 0. The van der Waals surface area contributed by atoms with Gasteiger partial charge in [0.2, 0.25) is 5.91 Å². The van der Waals surface area contributed by atoms with Crippen molar-refractivity contribution >= 4 is 46.5 Å². The predicted molar refractivity (Wildman–Crippen MR) is 106 cm³/mol. The number of fused-ring (bicyclic) bond motifs is 1. The van der Waals surface area contributed by atoms with Gasteiger partial charge in [0.25, 0.3) is 5.91 Å². The molecule has 1 aromatic carbocycles. The van der Waals surface area contributed by atoms with Gasteiger partial charge >= 0.3 is 0 Å². The normalized spacial score (nSPS) is 22.1. The van der Waals surface area contributed by atoms with Gasteiger partial charge in [-0.2, -0.15) is 0 Å². The molecule has 1 saturated heterocycles. The quantitative estimate of drug-likeness (QED) is 0.823. The van der Waals surface area contributed by atoms with Crippen molar-refractivity contribution < 1.29 is 9.59 Å². The fourth-order valence-electron chi connectivity index (χ4n) is 3.61. The van der Waals surface area contributed by atoms with E-state index in [1.807, 2.05) is 35.7 Å². The highest BCUT2D eigenvalue weighted by atomic mass is 35.5. The van der Waals surface area contributed by atoms with Gasteiger partial charge in [-0.05, 0) is 54.5 Å². The standard InChI is InChI=1S/C19H19ClN2O2S2/c20-12-5-6-16-13(11-12)14(7-10-26-16)21-18(23)15-3-1-8-22(15)19(24)17-4-2-9-25-17/h2,4-6,9,11,14-15H,1,3,7-8,10H2,(H,21,23). The Morgan fingerprint density at radius 3 is 2.92 bits per heavy atom.